The highest BCUT2D eigenvalue weighted by Gasteiger charge is 2.29. The standard InChI is InChI=1S/C13H16Cl2FNO/c1-2-18-13-8(3-4-14)5-10(15)12(16)11(13)9-6-17-7-9/h5,9,17H,2-4,6-7H2,1H3. The van der Waals surface area contributed by atoms with Gasteiger partial charge in [-0.25, -0.2) is 4.39 Å². The molecule has 100 valence electrons. The Balaban J connectivity index is 2.50. The molecule has 0 bridgehead atoms. The summed E-state index contributed by atoms with van der Waals surface area (Å²) in [5, 5.41) is 3.29. The Morgan fingerprint density at radius 1 is 1.50 bits per heavy atom. The predicted octanol–water partition coefficient (Wildman–Crippen LogP) is 3.35. The van der Waals surface area contributed by atoms with Crippen LogP contribution in [0.4, 0.5) is 4.39 Å². The van der Waals surface area contributed by atoms with Crippen molar-refractivity contribution in [3.8, 4) is 5.75 Å². The van der Waals surface area contributed by atoms with E-state index in [9.17, 15) is 4.39 Å². The van der Waals surface area contributed by atoms with E-state index in [4.69, 9.17) is 27.9 Å². The zero-order valence-corrected chi connectivity index (χ0v) is 11.7. The van der Waals surface area contributed by atoms with Gasteiger partial charge < -0.3 is 10.1 Å². The molecular weight excluding hydrogens is 276 g/mol. The molecule has 1 fully saturated rings. The van der Waals surface area contributed by atoms with Crippen LogP contribution in [0.3, 0.4) is 0 Å². The predicted molar refractivity (Wildman–Crippen MR) is 72.6 cm³/mol. The molecule has 0 aliphatic carbocycles. The number of halogens is 3. The van der Waals surface area contributed by atoms with Gasteiger partial charge in [-0.15, -0.1) is 11.6 Å². The number of hydrogen-bond acceptors (Lipinski definition) is 2. The SMILES string of the molecule is CCOc1c(CCCl)cc(Cl)c(F)c1C1CNC1. The summed E-state index contributed by atoms with van der Waals surface area (Å²) in [6, 6.07) is 1.62. The summed E-state index contributed by atoms with van der Waals surface area (Å²) in [5.74, 6) is 0.875. The minimum atomic E-state index is -0.357. The molecule has 0 atom stereocenters. The summed E-state index contributed by atoms with van der Waals surface area (Å²) in [5.41, 5.74) is 1.49. The van der Waals surface area contributed by atoms with Crippen LogP contribution in [0.25, 0.3) is 0 Å². The first kappa shape index (κ1) is 13.9. The minimum absolute atomic E-state index is 0.138. The lowest BCUT2D eigenvalue weighted by Crippen LogP contribution is -2.40. The van der Waals surface area contributed by atoms with Gasteiger partial charge in [-0.2, -0.15) is 0 Å². The third-order valence-corrected chi connectivity index (χ3v) is 3.59. The number of benzene rings is 1. The highest BCUT2D eigenvalue weighted by atomic mass is 35.5. The molecule has 18 heavy (non-hydrogen) atoms. The average molecular weight is 292 g/mol. The van der Waals surface area contributed by atoms with E-state index in [1.165, 1.54) is 0 Å². The monoisotopic (exact) mass is 291 g/mol. The maximum Gasteiger partial charge on any atom is 0.149 e. The maximum atomic E-state index is 14.2. The Hall–Kier alpha value is -0.510. The van der Waals surface area contributed by atoms with Crippen molar-refractivity contribution in [2.24, 2.45) is 0 Å². The van der Waals surface area contributed by atoms with E-state index in [1.807, 2.05) is 6.92 Å². The van der Waals surface area contributed by atoms with Crippen molar-refractivity contribution in [1.82, 2.24) is 5.32 Å². The van der Waals surface area contributed by atoms with Crippen LogP contribution >= 0.6 is 23.2 Å². The molecule has 0 unspecified atom stereocenters. The first-order chi connectivity index (χ1) is 8.69. The van der Waals surface area contributed by atoms with E-state index in [1.54, 1.807) is 6.07 Å². The fraction of sp³-hybridized carbons (Fsp3) is 0.538. The summed E-state index contributed by atoms with van der Waals surface area (Å²) in [6.07, 6.45) is 0.629. The van der Waals surface area contributed by atoms with Gasteiger partial charge in [0.25, 0.3) is 0 Å². The van der Waals surface area contributed by atoms with Gasteiger partial charge in [0.15, 0.2) is 0 Å². The Kier molecular flexibility index (Phi) is 4.71. The van der Waals surface area contributed by atoms with Crippen molar-refractivity contribution >= 4 is 23.2 Å². The third-order valence-electron chi connectivity index (χ3n) is 3.13. The highest BCUT2D eigenvalue weighted by molar-refractivity contribution is 6.31. The maximum absolute atomic E-state index is 14.2. The zero-order chi connectivity index (χ0) is 13.1. The van der Waals surface area contributed by atoms with E-state index in [0.29, 0.717) is 30.2 Å². The van der Waals surface area contributed by atoms with Crippen LogP contribution in [0, 0.1) is 5.82 Å². The lowest BCUT2D eigenvalue weighted by atomic mass is 9.90. The molecule has 0 aromatic heterocycles. The molecule has 1 aromatic carbocycles. The summed E-state index contributed by atoms with van der Waals surface area (Å²) in [4.78, 5) is 0. The molecule has 0 spiro atoms. The molecule has 2 nitrogen and oxygen atoms in total. The quantitative estimate of drug-likeness (QED) is 0.840. The van der Waals surface area contributed by atoms with Crippen molar-refractivity contribution in [3.63, 3.8) is 0 Å². The van der Waals surface area contributed by atoms with E-state index in [0.717, 1.165) is 18.7 Å². The normalized spacial score (nSPS) is 15.6. The van der Waals surface area contributed by atoms with E-state index in [-0.39, 0.29) is 16.8 Å². The number of alkyl halides is 1. The molecule has 0 amide bonds. The topological polar surface area (TPSA) is 21.3 Å². The smallest absolute Gasteiger partial charge is 0.149 e. The Morgan fingerprint density at radius 2 is 2.22 bits per heavy atom. The van der Waals surface area contributed by atoms with Crippen molar-refractivity contribution < 1.29 is 9.13 Å². The zero-order valence-electron chi connectivity index (χ0n) is 10.2. The van der Waals surface area contributed by atoms with Crippen LogP contribution in [-0.4, -0.2) is 25.6 Å². The van der Waals surface area contributed by atoms with E-state index >= 15 is 0 Å². The number of nitrogens with one attached hydrogen (secondary N) is 1. The van der Waals surface area contributed by atoms with Gasteiger partial charge in [0.05, 0.1) is 11.6 Å². The van der Waals surface area contributed by atoms with Crippen molar-refractivity contribution in [3.05, 3.63) is 28.0 Å². The van der Waals surface area contributed by atoms with Crippen LogP contribution in [0.5, 0.6) is 5.75 Å². The number of hydrogen-bond donors (Lipinski definition) is 1. The Bertz CT molecular complexity index is 435. The average Bonchev–Trinajstić information content (AvgIpc) is 2.28. The van der Waals surface area contributed by atoms with Gasteiger partial charge in [-0.05, 0) is 25.0 Å². The fourth-order valence-corrected chi connectivity index (χ4v) is 2.58. The summed E-state index contributed by atoms with van der Waals surface area (Å²) in [7, 11) is 0. The second kappa shape index (κ2) is 6.09. The number of aryl methyl sites for hydroxylation is 1. The Labute approximate surface area is 116 Å². The third kappa shape index (κ3) is 2.58. The van der Waals surface area contributed by atoms with Gasteiger partial charge in [-0.1, -0.05) is 11.6 Å². The second-order valence-corrected chi connectivity index (χ2v) is 5.09. The first-order valence-electron chi connectivity index (χ1n) is 6.09. The first-order valence-corrected chi connectivity index (χ1v) is 7.00. The fourth-order valence-electron chi connectivity index (χ4n) is 2.14. The molecule has 0 saturated carbocycles. The van der Waals surface area contributed by atoms with Crippen LogP contribution < -0.4 is 10.1 Å². The Morgan fingerprint density at radius 3 is 2.72 bits per heavy atom. The van der Waals surface area contributed by atoms with Crippen LogP contribution in [0.15, 0.2) is 6.07 Å². The second-order valence-electron chi connectivity index (χ2n) is 4.30. The number of rotatable bonds is 5. The molecule has 5 heteroatoms. The molecule has 1 N–H and O–H groups in total. The van der Waals surface area contributed by atoms with Gasteiger partial charge in [-0.3, -0.25) is 0 Å². The number of ether oxygens (including phenoxy) is 1. The summed E-state index contributed by atoms with van der Waals surface area (Å²) < 4.78 is 19.8. The van der Waals surface area contributed by atoms with Crippen molar-refractivity contribution in [2.45, 2.75) is 19.3 Å². The van der Waals surface area contributed by atoms with Gasteiger partial charge in [0, 0.05) is 30.5 Å². The summed E-state index contributed by atoms with van der Waals surface area (Å²) in [6.45, 7) is 3.92. The van der Waals surface area contributed by atoms with Gasteiger partial charge in [0.2, 0.25) is 0 Å². The summed E-state index contributed by atoms with van der Waals surface area (Å²) >= 11 is 11.7. The molecule has 0 radical (unpaired) electrons. The molecule has 1 aromatic rings. The molecule has 2 rings (SSSR count). The molecular formula is C13H16Cl2FNO. The van der Waals surface area contributed by atoms with Crippen LogP contribution in [0.2, 0.25) is 5.02 Å². The van der Waals surface area contributed by atoms with Crippen molar-refractivity contribution in [2.75, 3.05) is 25.6 Å². The van der Waals surface area contributed by atoms with E-state index < -0.39 is 0 Å². The van der Waals surface area contributed by atoms with Crippen molar-refractivity contribution in [1.29, 1.82) is 0 Å². The highest BCUT2D eigenvalue weighted by Crippen LogP contribution is 2.38. The van der Waals surface area contributed by atoms with Gasteiger partial charge >= 0.3 is 0 Å². The lowest BCUT2D eigenvalue weighted by molar-refractivity contribution is 0.318. The molecule has 1 heterocycles. The molecule has 1 aliphatic rings. The largest absolute Gasteiger partial charge is 0.493 e. The molecule has 1 aliphatic heterocycles. The van der Waals surface area contributed by atoms with E-state index in [2.05, 4.69) is 5.32 Å². The van der Waals surface area contributed by atoms with Crippen LogP contribution in [0.1, 0.15) is 24.0 Å². The minimum Gasteiger partial charge on any atom is -0.493 e. The van der Waals surface area contributed by atoms with Crippen LogP contribution in [-0.2, 0) is 6.42 Å². The van der Waals surface area contributed by atoms with Gasteiger partial charge in [0.1, 0.15) is 11.6 Å². The lowest BCUT2D eigenvalue weighted by Gasteiger charge is -2.30. The molecule has 1 saturated heterocycles.